The third-order valence-corrected chi connectivity index (χ3v) is 4.60. The zero-order chi connectivity index (χ0) is 20.5. The van der Waals surface area contributed by atoms with Crippen molar-refractivity contribution in [1.29, 1.82) is 0 Å². The number of hydrogen-bond acceptors (Lipinski definition) is 6. The molecule has 0 amide bonds. The Kier molecular flexibility index (Phi) is 4.74. The molecule has 1 aliphatic heterocycles. The molecule has 0 spiro atoms. The standard InChI is InChI=1S/C21H13ClN2O5/c1-12-16(6-3-7-18(12)24(26)27)20-23-17(21(25)29-20)11-15-8-9-19(28-15)13-4-2-5-14(22)10-13/h2-11H,1H3/b17-11-. The van der Waals surface area contributed by atoms with Crippen LogP contribution in [0.2, 0.25) is 5.02 Å². The van der Waals surface area contributed by atoms with E-state index < -0.39 is 10.9 Å². The number of nitro groups is 1. The Hall–Kier alpha value is -3.71. The molecule has 1 aromatic heterocycles. The molecule has 144 valence electrons. The molecule has 0 saturated heterocycles. The van der Waals surface area contributed by atoms with Crippen LogP contribution in [-0.2, 0) is 9.53 Å². The van der Waals surface area contributed by atoms with Gasteiger partial charge in [-0.3, -0.25) is 10.1 Å². The molecule has 1 aliphatic rings. The zero-order valence-corrected chi connectivity index (χ0v) is 15.8. The first kappa shape index (κ1) is 18.6. The van der Waals surface area contributed by atoms with Gasteiger partial charge in [0.1, 0.15) is 11.5 Å². The number of esters is 1. The molecule has 8 heteroatoms. The number of aliphatic imine (C=N–C) groups is 1. The van der Waals surface area contributed by atoms with Gasteiger partial charge in [0.25, 0.3) is 5.69 Å². The summed E-state index contributed by atoms with van der Waals surface area (Å²) in [5.74, 6) is 0.354. The van der Waals surface area contributed by atoms with Crippen molar-refractivity contribution in [1.82, 2.24) is 0 Å². The van der Waals surface area contributed by atoms with Crippen molar-refractivity contribution in [3.63, 3.8) is 0 Å². The maximum Gasteiger partial charge on any atom is 0.363 e. The lowest BCUT2D eigenvalue weighted by Gasteiger charge is -2.04. The van der Waals surface area contributed by atoms with Crippen LogP contribution < -0.4 is 0 Å². The third-order valence-electron chi connectivity index (χ3n) is 4.37. The van der Waals surface area contributed by atoms with E-state index in [0.29, 0.717) is 27.7 Å². The van der Waals surface area contributed by atoms with Crippen LogP contribution in [0.4, 0.5) is 5.69 Å². The molecule has 0 atom stereocenters. The lowest BCUT2D eigenvalue weighted by Crippen LogP contribution is -2.08. The van der Waals surface area contributed by atoms with E-state index in [2.05, 4.69) is 4.99 Å². The fourth-order valence-corrected chi connectivity index (χ4v) is 3.13. The van der Waals surface area contributed by atoms with Crippen LogP contribution in [0.25, 0.3) is 17.4 Å². The first-order valence-electron chi connectivity index (χ1n) is 8.55. The van der Waals surface area contributed by atoms with Gasteiger partial charge in [-0.05, 0) is 37.3 Å². The van der Waals surface area contributed by atoms with Crippen LogP contribution >= 0.6 is 11.6 Å². The highest BCUT2D eigenvalue weighted by molar-refractivity contribution is 6.30. The van der Waals surface area contributed by atoms with Gasteiger partial charge in [-0.1, -0.05) is 29.8 Å². The number of halogens is 1. The number of nitrogens with zero attached hydrogens (tertiary/aromatic N) is 2. The Morgan fingerprint density at radius 3 is 2.69 bits per heavy atom. The van der Waals surface area contributed by atoms with Crippen LogP contribution in [0, 0.1) is 17.0 Å². The van der Waals surface area contributed by atoms with Crippen LogP contribution in [0.15, 0.2) is 69.7 Å². The summed E-state index contributed by atoms with van der Waals surface area (Å²) in [5.41, 5.74) is 1.52. The van der Waals surface area contributed by atoms with Gasteiger partial charge < -0.3 is 9.15 Å². The van der Waals surface area contributed by atoms with Crippen LogP contribution in [0.1, 0.15) is 16.9 Å². The minimum Gasteiger partial charge on any atom is -0.457 e. The molecular weight excluding hydrogens is 396 g/mol. The maximum absolute atomic E-state index is 12.2. The molecule has 2 heterocycles. The van der Waals surface area contributed by atoms with Crippen molar-refractivity contribution in [2.45, 2.75) is 6.92 Å². The third kappa shape index (κ3) is 3.68. The van der Waals surface area contributed by atoms with Crippen molar-refractivity contribution in [2.24, 2.45) is 4.99 Å². The Bertz CT molecular complexity index is 1210. The second-order valence-electron chi connectivity index (χ2n) is 6.26. The summed E-state index contributed by atoms with van der Waals surface area (Å²) in [5, 5.41) is 11.7. The van der Waals surface area contributed by atoms with Crippen molar-refractivity contribution >= 4 is 35.2 Å². The molecule has 0 bridgehead atoms. The summed E-state index contributed by atoms with van der Waals surface area (Å²) in [6.07, 6.45) is 1.45. The van der Waals surface area contributed by atoms with E-state index >= 15 is 0 Å². The Balaban J connectivity index is 1.66. The van der Waals surface area contributed by atoms with Gasteiger partial charge in [0.2, 0.25) is 5.90 Å². The molecule has 0 unspecified atom stereocenters. The normalized spacial score (nSPS) is 14.8. The average molecular weight is 409 g/mol. The minimum atomic E-state index is -0.661. The van der Waals surface area contributed by atoms with E-state index in [1.165, 1.54) is 18.2 Å². The van der Waals surface area contributed by atoms with Gasteiger partial charge in [-0.15, -0.1) is 0 Å². The Morgan fingerprint density at radius 1 is 1.14 bits per heavy atom. The first-order chi connectivity index (χ1) is 13.9. The van der Waals surface area contributed by atoms with Gasteiger partial charge in [-0.25, -0.2) is 9.79 Å². The smallest absolute Gasteiger partial charge is 0.363 e. The van der Waals surface area contributed by atoms with Gasteiger partial charge in [0, 0.05) is 33.9 Å². The van der Waals surface area contributed by atoms with E-state index in [4.69, 9.17) is 20.8 Å². The minimum absolute atomic E-state index is 0.0177. The molecule has 7 nitrogen and oxygen atoms in total. The topological polar surface area (TPSA) is 94.9 Å². The number of carbonyl (C=O) groups excluding carboxylic acids is 1. The molecule has 0 saturated carbocycles. The number of furan rings is 1. The number of hydrogen-bond donors (Lipinski definition) is 0. The monoisotopic (exact) mass is 408 g/mol. The van der Waals surface area contributed by atoms with Crippen LogP contribution in [0.5, 0.6) is 0 Å². The summed E-state index contributed by atoms with van der Waals surface area (Å²) in [7, 11) is 0. The lowest BCUT2D eigenvalue weighted by molar-refractivity contribution is -0.385. The summed E-state index contributed by atoms with van der Waals surface area (Å²) in [6, 6.07) is 15.2. The van der Waals surface area contributed by atoms with E-state index in [0.717, 1.165) is 5.56 Å². The lowest BCUT2D eigenvalue weighted by atomic mass is 10.1. The highest BCUT2D eigenvalue weighted by Gasteiger charge is 2.27. The number of carbonyl (C=O) groups is 1. The number of nitro benzene ring substituents is 1. The summed E-state index contributed by atoms with van der Waals surface area (Å²) in [6.45, 7) is 1.58. The SMILES string of the molecule is Cc1c(C2=N/C(=C\c3ccc(-c4cccc(Cl)c4)o3)C(=O)O2)cccc1[N+](=O)[O-]. The Morgan fingerprint density at radius 2 is 1.93 bits per heavy atom. The highest BCUT2D eigenvalue weighted by atomic mass is 35.5. The quantitative estimate of drug-likeness (QED) is 0.257. The zero-order valence-electron chi connectivity index (χ0n) is 15.1. The predicted molar refractivity (Wildman–Crippen MR) is 108 cm³/mol. The van der Waals surface area contributed by atoms with Gasteiger partial charge in [-0.2, -0.15) is 0 Å². The maximum atomic E-state index is 12.2. The summed E-state index contributed by atoms with van der Waals surface area (Å²) < 4.78 is 11.0. The molecule has 0 N–H and O–H groups in total. The fraction of sp³-hybridized carbons (Fsp3) is 0.0476. The average Bonchev–Trinajstić information content (AvgIpc) is 3.29. The van der Waals surface area contributed by atoms with E-state index in [9.17, 15) is 14.9 Å². The number of cyclic esters (lactones) is 1. The number of benzene rings is 2. The fourth-order valence-electron chi connectivity index (χ4n) is 2.94. The molecule has 0 aliphatic carbocycles. The van der Waals surface area contributed by atoms with Crippen LogP contribution in [-0.4, -0.2) is 16.8 Å². The molecular formula is C21H13ClN2O5. The number of ether oxygens (including phenoxy) is 1. The largest absolute Gasteiger partial charge is 0.457 e. The Labute approximate surface area is 170 Å². The second-order valence-corrected chi connectivity index (χ2v) is 6.69. The van der Waals surface area contributed by atoms with Crippen LogP contribution in [0.3, 0.4) is 0 Å². The summed E-state index contributed by atoms with van der Waals surface area (Å²) >= 11 is 6.00. The first-order valence-corrected chi connectivity index (χ1v) is 8.93. The highest BCUT2D eigenvalue weighted by Crippen LogP contribution is 2.28. The molecule has 29 heavy (non-hydrogen) atoms. The summed E-state index contributed by atoms with van der Waals surface area (Å²) in [4.78, 5) is 27.0. The van der Waals surface area contributed by atoms with Crippen molar-refractivity contribution in [2.75, 3.05) is 0 Å². The van der Waals surface area contributed by atoms with E-state index in [-0.39, 0.29) is 17.3 Å². The van der Waals surface area contributed by atoms with E-state index in [1.807, 2.05) is 12.1 Å². The molecule has 3 aromatic rings. The van der Waals surface area contributed by atoms with E-state index in [1.54, 1.807) is 37.3 Å². The predicted octanol–water partition coefficient (Wildman–Crippen LogP) is 5.16. The molecule has 0 radical (unpaired) electrons. The van der Waals surface area contributed by atoms with Crippen molar-refractivity contribution in [3.8, 4) is 11.3 Å². The molecule has 2 aromatic carbocycles. The van der Waals surface area contributed by atoms with Crippen molar-refractivity contribution < 1.29 is 18.9 Å². The van der Waals surface area contributed by atoms with Gasteiger partial charge >= 0.3 is 5.97 Å². The van der Waals surface area contributed by atoms with Gasteiger partial charge in [0.05, 0.1) is 4.92 Å². The molecule has 0 fully saturated rings. The number of rotatable bonds is 4. The van der Waals surface area contributed by atoms with Gasteiger partial charge in [0.15, 0.2) is 5.70 Å². The molecule has 4 rings (SSSR count). The second kappa shape index (κ2) is 7.37. The van der Waals surface area contributed by atoms with Crippen molar-refractivity contribution in [3.05, 3.63) is 92.3 Å².